The Kier molecular flexibility index (Phi) is 6.10. The lowest BCUT2D eigenvalue weighted by Gasteiger charge is -2.17. The van der Waals surface area contributed by atoms with E-state index in [0.717, 1.165) is 0 Å². The van der Waals surface area contributed by atoms with Gasteiger partial charge in [0.2, 0.25) is 5.91 Å². The van der Waals surface area contributed by atoms with Gasteiger partial charge in [0.15, 0.2) is 0 Å². The van der Waals surface area contributed by atoms with Crippen LogP contribution in [0.15, 0.2) is 18.2 Å². The molecule has 1 aromatic rings. The summed E-state index contributed by atoms with van der Waals surface area (Å²) in [7, 11) is 1.50. The van der Waals surface area contributed by atoms with E-state index in [0.29, 0.717) is 17.9 Å². The third-order valence-electron chi connectivity index (χ3n) is 2.90. The minimum absolute atomic E-state index is 0.00751. The van der Waals surface area contributed by atoms with E-state index in [-0.39, 0.29) is 17.6 Å². The number of rotatable bonds is 7. The fraction of sp³-hybridized carbons (Fsp3) is 0.500. The summed E-state index contributed by atoms with van der Waals surface area (Å²) in [5.41, 5.74) is 0.628. The average molecular weight is 295 g/mol. The molecule has 0 spiro atoms. The number of benzene rings is 1. The first-order chi connectivity index (χ1) is 9.85. The summed E-state index contributed by atoms with van der Waals surface area (Å²) in [4.78, 5) is 22.1. The number of carbonyl (C=O) groups is 1. The van der Waals surface area contributed by atoms with Gasteiger partial charge in [-0.1, -0.05) is 0 Å². The highest BCUT2D eigenvalue weighted by atomic mass is 16.6. The van der Waals surface area contributed by atoms with Crippen LogP contribution < -0.4 is 15.4 Å². The zero-order valence-corrected chi connectivity index (χ0v) is 12.7. The Labute approximate surface area is 123 Å². The lowest BCUT2D eigenvalue weighted by Crippen LogP contribution is -2.44. The SMILES string of the molecule is COc1ccc([N+](=O)[O-])cc1CNC(C)C(=O)NC(C)C. The van der Waals surface area contributed by atoms with Crippen LogP contribution >= 0.6 is 0 Å². The first-order valence-corrected chi connectivity index (χ1v) is 6.70. The Bertz CT molecular complexity index is 517. The maximum Gasteiger partial charge on any atom is 0.270 e. The summed E-state index contributed by atoms with van der Waals surface area (Å²) in [5.74, 6) is 0.430. The van der Waals surface area contributed by atoms with Crippen molar-refractivity contribution in [3.63, 3.8) is 0 Å². The molecule has 1 aromatic carbocycles. The van der Waals surface area contributed by atoms with Crippen LogP contribution in [0, 0.1) is 10.1 Å². The monoisotopic (exact) mass is 295 g/mol. The summed E-state index contributed by atoms with van der Waals surface area (Å²) in [6, 6.07) is 4.04. The second-order valence-corrected chi connectivity index (χ2v) is 5.02. The van der Waals surface area contributed by atoms with E-state index in [4.69, 9.17) is 4.74 Å². The van der Waals surface area contributed by atoms with Crippen molar-refractivity contribution in [1.82, 2.24) is 10.6 Å². The molecule has 1 atom stereocenters. The van der Waals surface area contributed by atoms with Crippen molar-refractivity contribution in [3.05, 3.63) is 33.9 Å². The number of hydrogen-bond donors (Lipinski definition) is 2. The minimum atomic E-state index is -0.460. The van der Waals surface area contributed by atoms with Crippen LogP contribution in [0.4, 0.5) is 5.69 Å². The van der Waals surface area contributed by atoms with Gasteiger partial charge in [-0.3, -0.25) is 14.9 Å². The van der Waals surface area contributed by atoms with Crippen LogP contribution in [-0.2, 0) is 11.3 Å². The highest BCUT2D eigenvalue weighted by molar-refractivity contribution is 5.81. The first kappa shape index (κ1) is 16.9. The number of carbonyl (C=O) groups excluding carboxylic acids is 1. The Morgan fingerprint density at radius 3 is 2.57 bits per heavy atom. The van der Waals surface area contributed by atoms with Crippen molar-refractivity contribution in [2.45, 2.75) is 39.4 Å². The van der Waals surface area contributed by atoms with Gasteiger partial charge in [0.25, 0.3) is 5.69 Å². The topological polar surface area (TPSA) is 93.5 Å². The number of hydrogen-bond acceptors (Lipinski definition) is 5. The quantitative estimate of drug-likeness (QED) is 0.588. The lowest BCUT2D eigenvalue weighted by molar-refractivity contribution is -0.384. The summed E-state index contributed by atoms with van der Waals surface area (Å²) in [6.45, 7) is 5.81. The second-order valence-electron chi connectivity index (χ2n) is 5.02. The van der Waals surface area contributed by atoms with Crippen molar-refractivity contribution >= 4 is 11.6 Å². The summed E-state index contributed by atoms with van der Waals surface area (Å²) in [5, 5.41) is 16.6. The van der Waals surface area contributed by atoms with E-state index in [1.165, 1.54) is 19.2 Å². The second kappa shape index (κ2) is 7.58. The molecule has 0 bridgehead atoms. The summed E-state index contributed by atoms with van der Waals surface area (Å²) >= 11 is 0. The fourth-order valence-corrected chi connectivity index (χ4v) is 1.78. The number of nitro benzene ring substituents is 1. The number of nitrogens with one attached hydrogen (secondary N) is 2. The Morgan fingerprint density at radius 2 is 2.05 bits per heavy atom. The van der Waals surface area contributed by atoms with E-state index >= 15 is 0 Å². The zero-order chi connectivity index (χ0) is 16.0. The van der Waals surface area contributed by atoms with E-state index in [1.54, 1.807) is 13.0 Å². The maximum atomic E-state index is 11.8. The van der Waals surface area contributed by atoms with Gasteiger partial charge in [-0.05, 0) is 26.8 Å². The number of non-ortho nitro benzene ring substituents is 1. The molecule has 1 rings (SSSR count). The number of amides is 1. The maximum absolute atomic E-state index is 11.8. The van der Waals surface area contributed by atoms with Crippen molar-refractivity contribution in [3.8, 4) is 5.75 Å². The normalized spacial score (nSPS) is 12.0. The summed E-state index contributed by atoms with van der Waals surface area (Å²) in [6.07, 6.45) is 0. The van der Waals surface area contributed by atoms with E-state index in [2.05, 4.69) is 10.6 Å². The van der Waals surface area contributed by atoms with E-state index < -0.39 is 11.0 Å². The molecule has 0 aliphatic carbocycles. The van der Waals surface area contributed by atoms with Gasteiger partial charge in [0.1, 0.15) is 5.75 Å². The number of methoxy groups -OCH3 is 1. The van der Waals surface area contributed by atoms with Crippen LogP contribution in [0.1, 0.15) is 26.3 Å². The molecule has 1 unspecified atom stereocenters. The molecule has 116 valence electrons. The van der Waals surface area contributed by atoms with Gasteiger partial charge in [-0.25, -0.2) is 0 Å². The predicted molar refractivity (Wildman–Crippen MR) is 79.2 cm³/mol. The largest absolute Gasteiger partial charge is 0.496 e. The van der Waals surface area contributed by atoms with Gasteiger partial charge in [0, 0.05) is 30.3 Å². The van der Waals surface area contributed by atoms with Gasteiger partial charge >= 0.3 is 0 Å². The molecule has 0 radical (unpaired) electrons. The molecule has 0 aromatic heterocycles. The Balaban J connectivity index is 2.75. The van der Waals surface area contributed by atoms with Crippen molar-refractivity contribution < 1.29 is 14.5 Å². The van der Waals surface area contributed by atoms with Crippen LogP contribution in [0.2, 0.25) is 0 Å². The van der Waals surface area contributed by atoms with E-state index in [9.17, 15) is 14.9 Å². The van der Waals surface area contributed by atoms with Gasteiger partial charge in [0.05, 0.1) is 18.1 Å². The molecule has 0 fully saturated rings. The van der Waals surface area contributed by atoms with Crippen molar-refractivity contribution in [2.75, 3.05) is 7.11 Å². The van der Waals surface area contributed by atoms with Gasteiger partial charge in [-0.2, -0.15) is 0 Å². The van der Waals surface area contributed by atoms with Crippen molar-refractivity contribution in [2.24, 2.45) is 0 Å². The highest BCUT2D eigenvalue weighted by Crippen LogP contribution is 2.23. The molecule has 0 aliphatic heterocycles. The lowest BCUT2D eigenvalue weighted by atomic mass is 10.1. The first-order valence-electron chi connectivity index (χ1n) is 6.70. The molecule has 7 heteroatoms. The molecule has 0 saturated carbocycles. The summed E-state index contributed by atoms with van der Waals surface area (Å²) < 4.78 is 5.17. The molecular formula is C14H21N3O4. The number of nitrogens with zero attached hydrogens (tertiary/aromatic N) is 1. The number of ether oxygens (including phenoxy) is 1. The standard InChI is InChI=1S/C14H21N3O4/c1-9(2)16-14(18)10(3)15-8-11-7-12(17(19)20)5-6-13(11)21-4/h5-7,9-10,15H,8H2,1-4H3,(H,16,18). The van der Waals surface area contributed by atoms with Crippen LogP contribution in [0.5, 0.6) is 5.75 Å². The van der Waals surface area contributed by atoms with Crippen LogP contribution in [0.3, 0.4) is 0 Å². The van der Waals surface area contributed by atoms with Gasteiger partial charge in [-0.15, -0.1) is 0 Å². The Morgan fingerprint density at radius 1 is 1.38 bits per heavy atom. The molecule has 7 nitrogen and oxygen atoms in total. The fourth-order valence-electron chi connectivity index (χ4n) is 1.78. The van der Waals surface area contributed by atoms with E-state index in [1.807, 2.05) is 13.8 Å². The molecule has 21 heavy (non-hydrogen) atoms. The van der Waals surface area contributed by atoms with Crippen LogP contribution in [0.25, 0.3) is 0 Å². The average Bonchev–Trinajstić information content (AvgIpc) is 2.43. The Hall–Kier alpha value is -2.15. The molecule has 2 N–H and O–H groups in total. The van der Waals surface area contributed by atoms with Crippen LogP contribution in [-0.4, -0.2) is 30.0 Å². The zero-order valence-electron chi connectivity index (χ0n) is 12.7. The molecule has 0 heterocycles. The predicted octanol–water partition coefficient (Wildman–Crippen LogP) is 1.61. The number of nitro groups is 1. The molecule has 0 aliphatic rings. The van der Waals surface area contributed by atoms with Gasteiger partial charge < -0.3 is 15.4 Å². The molecular weight excluding hydrogens is 274 g/mol. The third kappa shape index (κ3) is 5.03. The minimum Gasteiger partial charge on any atom is -0.496 e. The molecule has 1 amide bonds. The van der Waals surface area contributed by atoms with Crippen molar-refractivity contribution in [1.29, 1.82) is 0 Å². The smallest absolute Gasteiger partial charge is 0.270 e. The third-order valence-corrected chi connectivity index (χ3v) is 2.90. The molecule has 0 saturated heterocycles. The highest BCUT2D eigenvalue weighted by Gasteiger charge is 2.15.